The maximum absolute atomic E-state index is 4.28. The summed E-state index contributed by atoms with van der Waals surface area (Å²) in [6, 6.07) is 8.07. The van der Waals surface area contributed by atoms with Crippen LogP contribution in [0.4, 0.5) is 17.3 Å². The molecule has 0 spiro atoms. The molecule has 0 radical (unpaired) electrons. The molecule has 0 fully saturated rings. The lowest BCUT2D eigenvalue weighted by atomic mass is 10.2. The van der Waals surface area contributed by atoms with Gasteiger partial charge in [-0.3, -0.25) is 0 Å². The molecule has 1 aromatic heterocycles. The molecule has 94 valence electrons. The van der Waals surface area contributed by atoms with E-state index in [9.17, 15) is 0 Å². The van der Waals surface area contributed by atoms with Gasteiger partial charge < -0.3 is 10.2 Å². The van der Waals surface area contributed by atoms with Gasteiger partial charge in [0.2, 0.25) is 5.95 Å². The van der Waals surface area contributed by atoms with Gasteiger partial charge in [-0.05, 0) is 24.5 Å². The first-order chi connectivity index (χ1) is 8.69. The van der Waals surface area contributed by atoms with Gasteiger partial charge in [0.1, 0.15) is 6.33 Å². The first-order valence-electron chi connectivity index (χ1n) is 5.46. The van der Waals surface area contributed by atoms with Crippen molar-refractivity contribution in [2.75, 3.05) is 30.6 Å². The molecule has 0 saturated carbocycles. The summed E-state index contributed by atoms with van der Waals surface area (Å²) in [5.41, 5.74) is 2.08. The highest BCUT2D eigenvalue weighted by Crippen LogP contribution is 2.20. The highest BCUT2D eigenvalue weighted by Gasteiger charge is 2.02. The molecule has 1 N–H and O–H groups in total. The van der Waals surface area contributed by atoms with Crippen molar-refractivity contribution in [1.29, 1.82) is 0 Å². The van der Waals surface area contributed by atoms with E-state index >= 15 is 0 Å². The van der Waals surface area contributed by atoms with Gasteiger partial charge >= 0.3 is 0 Å². The fourth-order valence-corrected chi connectivity index (χ4v) is 1.76. The van der Waals surface area contributed by atoms with Gasteiger partial charge in [-0.2, -0.15) is 4.98 Å². The molecule has 0 bridgehead atoms. The molecule has 0 atom stereocenters. The predicted molar refractivity (Wildman–Crippen MR) is 75.7 cm³/mol. The van der Waals surface area contributed by atoms with Gasteiger partial charge in [0, 0.05) is 25.5 Å². The van der Waals surface area contributed by atoms with E-state index in [1.165, 1.54) is 18.1 Å². The standard InChI is InChI=1S/C12H15N5S/c1-17(2)10-6-4-5-9(7-10)15-11-13-8-14-12(16-11)18-3/h4-8H,1-3H3,(H,13,14,15,16). The lowest BCUT2D eigenvalue weighted by Crippen LogP contribution is -2.08. The van der Waals surface area contributed by atoms with E-state index in [0.717, 1.165) is 11.4 Å². The average molecular weight is 261 g/mol. The minimum atomic E-state index is 0.560. The van der Waals surface area contributed by atoms with Gasteiger partial charge in [0.05, 0.1) is 0 Å². The van der Waals surface area contributed by atoms with Crippen LogP contribution in [0.15, 0.2) is 35.7 Å². The molecule has 0 saturated heterocycles. The maximum atomic E-state index is 4.28. The van der Waals surface area contributed by atoms with Crippen LogP contribution in [0.5, 0.6) is 0 Å². The number of aromatic nitrogens is 3. The van der Waals surface area contributed by atoms with Crippen molar-refractivity contribution in [2.45, 2.75) is 5.16 Å². The molecular formula is C12H15N5S. The molecule has 0 aliphatic rings. The van der Waals surface area contributed by atoms with Crippen LogP contribution < -0.4 is 10.2 Å². The maximum Gasteiger partial charge on any atom is 0.231 e. The van der Waals surface area contributed by atoms with Crippen LogP contribution in [0.25, 0.3) is 0 Å². The molecule has 6 heteroatoms. The SMILES string of the molecule is CSc1ncnc(Nc2cccc(N(C)C)c2)n1. The van der Waals surface area contributed by atoms with Crippen LogP contribution in [-0.2, 0) is 0 Å². The highest BCUT2D eigenvalue weighted by atomic mass is 32.2. The van der Waals surface area contributed by atoms with E-state index in [1.807, 2.05) is 49.5 Å². The normalized spacial score (nSPS) is 10.2. The summed E-state index contributed by atoms with van der Waals surface area (Å²) in [7, 11) is 4.02. The Morgan fingerprint density at radius 2 is 2.06 bits per heavy atom. The number of anilines is 3. The number of rotatable bonds is 4. The fourth-order valence-electron chi connectivity index (χ4n) is 1.43. The minimum Gasteiger partial charge on any atom is -0.378 e. The van der Waals surface area contributed by atoms with Crippen LogP contribution in [0, 0.1) is 0 Å². The lowest BCUT2D eigenvalue weighted by molar-refractivity contribution is 0.913. The van der Waals surface area contributed by atoms with Gasteiger partial charge in [-0.1, -0.05) is 17.8 Å². The summed E-state index contributed by atoms with van der Waals surface area (Å²) in [6.07, 6.45) is 3.45. The molecule has 1 heterocycles. The third kappa shape index (κ3) is 3.10. The Hall–Kier alpha value is -1.82. The lowest BCUT2D eigenvalue weighted by Gasteiger charge is -2.13. The molecule has 0 aliphatic carbocycles. The topological polar surface area (TPSA) is 53.9 Å². The second-order valence-electron chi connectivity index (χ2n) is 3.87. The summed E-state index contributed by atoms with van der Waals surface area (Å²) in [5.74, 6) is 0.560. The summed E-state index contributed by atoms with van der Waals surface area (Å²) >= 11 is 1.49. The first kappa shape index (κ1) is 12.6. The average Bonchev–Trinajstić information content (AvgIpc) is 2.39. The second-order valence-corrected chi connectivity index (χ2v) is 4.64. The molecule has 2 aromatic rings. The van der Waals surface area contributed by atoms with Gasteiger partial charge in [0.25, 0.3) is 0 Å². The smallest absolute Gasteiger partial charge is 0.231 e. The minimum absolute atomic E-state index is 0.560. The largest absolute Gasteiger partial charge is 0.378 e. The Labute approximate surface area is 111 Å². The van der Waals surface area contributed by atoms with Gasteiger partial charge in [0.15, 0.2) is 5.16 Å². The fraction of sp³-hybridized carbons (Fsp3) is 0.250. The van der Waals surface area contributed by atoms with Crippen molar-refractivity contribution in [2.24, 2.45) is 0 Å². The van der Waals surface area contributed by atoms with Crippen LogP contribution in [0.1, 0.15) is 0 Å². The predicted octanol–water partition coefficient (Wildman–Crippen LogP) is 2.40. The highest BCUT2D eigenvalue weighted by molar-refractivity contribution is 7.98. The van der Waals surface area contributed by atoms with Gasteiger partial charge in [-0.25, -0.2) is 9.97 Å². The van der Waals surface area contributed by atoms with Crippen molar-refractivity contribution in [3.8, 4) is 0 Å². The Balaban J connectivity index is 2.20. The van der Waals surface area contributed by atoms with Crippen LogP contribution >= 0.6 is 11.8 Å². The van der Waals surface area contributed by atoms with Crippen LogP contribution in [0.3, 0.4) is 0 Å². The summed E-state index contributed by atoms with van der Waals surface area (Å²) in [5, 5.41) is 3.88. The number of hydrogen-bond acceptors (Lipinski definition) is 6. The molecule has 0 unspecified atom stereocenters. The number of hydrogen-bond donors (Lipinski definition) is 1. The molecule has 2 rings (SSSR count). The van der Waals surface area contributed by atoms with Crippen LogP contribution in [0.2, 0.25) is 0 Å². The molecular weight excluding hydrogens is 246 g/mol. The van der Waals surface area contributed by atoms with E-state index < -0.39 is 0 Å². The number of benzene rings is 1. The number of nitrogens with one attached hydrogen (secondary N) is 1. The number of thioether (sulfide) groups is 1. The Kier molecular flexibility index (Phi) is 3.99. The van der Waals surface area contributed by atoms with Crippen molar-refractivity contribution in [1.82, 2.24) is 15.0 Å². The van der Waals surface area contributed by atoms with Crippen molar-refractivity contribution < 1.29 is 0 Å². The molecule has 18 heavy (non-hydrogen) atoms. The van der Waals surface area contributed by atoms with Crippen LogP contribution in [-0.4, -0.2) is 35.3 Å². The van der Waals surface area contributed by atoms with Gasteiger partial charge in [-0.15, -0.1) is 0 Å². The Bertz CT molecular complexity index is 529. The first-order valence-corrected chi connectivity index (χ1v) is 6.69. The quantitative estimate of drug-likeness (QED) is 0.853. The number of nitrogens with zero attached hydrogens (tertiary/aromatic N) is 4. The van der Waals surface area contributed by atoms with Crippen molar-refractivity contribution >= 4 is 29.1 Å². The monoisotopic (exact) mass is 261 g/mol. The van der Waals surface area contributed by atoms with E-state index in [1.54, 1.807) is 0 Å². The molecule has 1 aromatic carbocycles. The molecule has 0 aliphatic heterocycles. The third-order valence-corrected chi connectivity index (χ3v) is 2.91. The molecule has 5 nitrogen and oxygen atoms in total. The Morgan fingerprint density at radius 1 is 1.22 bits per heavy atom. The van der Waals surface area contributed by atoms with E-state index in [4.69, 9.17) is 0 Å². The van der Waals surface area contributed by atoms with E-state index in [2.05, 4.69) is 20.3 Å². The summed E-state index contributed by atoms with van der Waals surface area (Å²) in [6.45, 7) is 0. The molecule has 0 amide bonds. The van der Waals surface area contributed by atoms with E-state index in [-0.39, 0.29) is 0 Å². The second kappa shape index (κ2) is 5.68. The third-order valence-electron chi connectivity index (χ3n) is 2.35. The zero-order chi connectivity index (χ0) is 13.0. The summed E-state index contributed by atoms with van der Waals surface area (Å²) in [4.78, 5) is 14.5. The Morgan fingerprint density at radius 3 is 2.78 bits per heavy atom. The zero-order valence-electron chi connectivity index (χ0n) is 10.6. The summed E-state index contributed by atoms with van der Waals surface area (Å²) < 4.78 is 0. The van der Waals surface area contributed by atoms with Crippen molar-refractivity contribution in [3.05, 3.63) is 30.6 Å². The zero-order valence-corrected chi connectivity index (χ0v) is 11.4. The van der Waals surface area contributed by atoms with Crippen molar-refractivity contribution in [3.63, 3.8) is 0 Å². The van der Waals surface area contributed by atoms with E-state index in [0.29, 0.717) is 11.1 Å².